The second-order valence-electron chi connectivity index (χ2n) is 6.04. The van der Waals surface area contributed by atoms with Crippen LogP contribution in [0.15, 0.2) is 53.6 Å². The zero-order chi connectivity index (χ0) is 18.8. The lowest BCUT2D eigenvalue weighted by molar-refractivity contribution is -0.132. The first-order valence-corrected chi connectivity index (χ1v) is 8.79. The number of carbonyl (C=O) groups is 1. The number of amides is 1. The van der Waals surface area contributed by atoms with Gasteiger partial charge < -0.3 is 4.90 Å². The molecule has 3 aromatic rings. The molecule has 0 saturated heterocycles. The average molecular weight is 390 g/mol. The van der Waals surface area contributed by atoms with E-state index >= 15 is 0 Å². The summed E-state index contributed by atoms with van der Waals surface area (Å²) in [6.45, 7) is 1.77. The van der Waals surface area contributed by atoms with Gasteiger partial charge in [-0.2, -0.15) is 0 Å². The first-order valence-electron chi connectivity index (χ1n) is 8.03. The SMILES string of the molecule is C[C@H](c1ccc(Cl)cc1Cl)N(C)C(=O)Cn1cnc2ccccc2c1=O. The van der Waals surface area contributed by atoms with Gasteiger partial charge in [-0.25, -0.2) is 4.98 Å². The van der Waals surface area contributed by atoms with Crippen molar-refractivity contribution in [3.05, 3.63) is 74.8 Å². The summed E-state index contributed by atoms with van der Waals surface area (Å²) in [6.07, 6.45) is 1.40. The Morgan fingerprint density at radius 1 is 1.23 bits per heavy atom. The molecule has 0 bridgehead atoms. The van der Waals surface area contributed by atoms with Crippen molar-refractivity contribution >= 4 is 40.0 Å². The van der Waals surface area contributed by atoms with Gasteiger partial charge in [-0.3, -0.25) is 14.2 Å². The summed E-state index contributed by atoms with van der Waals surface area (Å²) in [5.74, 6) is -0.220. The molecule has 26 heavy (non-hydrogen) atoms. The number of likely N-dealkylation sites (N-methyl/N-ethyl adjacent to an activating group) is 1. The second-order valence-corrected chi connectivity index (χ2v) is 6.88. The maximum atomic E-state index is 12.7. The Kier molecular flexibility index (Phi) is 5.30. The number of benzene rings is 2. The molecule has 0 aliphatic heterocycles. The van der Waals surface area contributed by atoms with Gasteiger partial charge in [0, 0.05) is 17.1 Å². The van der Waals surface area contributed by atoms with Crippen LogP contribution >= 0.6 is 23.2 Å². The van der Waals surface area contributed by atoms with Crippen LogP contribution in [0, 0.1) is 0 Å². The number of carbonyl (C=O) groups excluding carboxylic acids is 1. The van der Waals surface area contributed by atoms with Crippen LogP contribution in [0.25, 0.3) is 10.9 Å². The molecule has 0 aliphatic carbocycles. The van der Waals surface area contributed by atoms with Crippen LogP contribution in [0.3, 0.4) is 0 Å². The van der Waals surface area contributed by atoms with Crippen molar-refractivity contribution in [1.29, 1.82) is 0 Å². The van der Waals surface area contributed by atoms with Gasteiger partial charge >= 0.3 is 0 Å². The van der Waals surface area contributed by atoms with Crippen molar-refractivity contribution in [2.75, 3.05) is 7.05 Å². The summed E-state index contributed by atoms with van der Waals surface area (Å²) in [5.41, 5.74) is 1.15. The predicted octanol–water partition coefficient (Wildman–Crippen LogP) is 3.92. The molecule has 0 aliphatic rings. The highest BCUT2D eigenvalue weighted by Crippen LogP contribution is 2.29. The summed E-state index contributed by atoms with van der Waals surface area (Å²) < 4.78 is 1.32. The van der Waals surface area contributed by atoms with Gasteiger partial charge in [-0.05, 0) is 36.8 Å². The van der Waals surface area contributed by atoms with Crippen molar-refractivity contribution in [3.63, 3.8) is 0 Å². The van der Waals surface area contributed by atoms with Crippen molar-refractivity contribution in [3.8, 4) is 0 Å². The van der Waals surface area contributed by atoms with Gasteiger partial charge in [0.2, 0.25) is 5.91 Å². The topological polar surface area (TPSA) is 55.2 Å². The van der Waals surface area contributed by atoms with E-state index in [4.69, 9.17) is 23.2 Å². The minimum absolute atomic E-state index is 0.0945. The third kappa shape index (κ3) is 3.59. The van der Waals surface area contributed by atoms with Gasteiger partial charge in [0.15, 0.2) is 0 Å². The summed E-state index contributed by atoms with van der Waals surface area (Å²) in [6, 6.07) is 12.0. The summed E-state index contributed by atoms with van der Waals surface area (Å²) >= 11 is 12.2. The lowest BCUT2D eigenvalue weighted by Crippen LogP contribution is -2.35. The molecule has 2 aromatic carbocycles. The van der Waals surface area contributed by atoms with Crippen LogP contribution < -0.4 is 5.56 Å². The van der Waals surface area contributed by atoms with Crippen molar-refractivity contribution in [1.82, 2.24) is 14.5 Å². The minimum atomic E-state index is -0.267. The lowest BCUT2D eigenvalue weighted by Gasteiger charge is -2.26. The molecule has 0 N–H and O–H groups in total. The van der Waals surface area contributed by atoms with E-state index in [-0.39, 0.29) is 24.1 Å². The van der Waals surface area contributed by atoms with E-state index in [0.29, 0.717) is 20.9 Å². The first kappa shape index (κ1) is 18.4. The van der Waals surface area contributed by atoms with Crippen molar-refractivity contribution in [2.24, 2.45) is 0 Å². The molecule has 1 heterocycles. The maximum absolute atomic E-state index is 12.7. The minimum Gasteiger partial charge on any atom is -0.337 e. The second kappa shape index (κ2) is 7.48. The Balaban J connectivity index is 1.83. The molecule has 7 heteroatoms. The van der Waals surface area contributed by atoms with Crippen LogP contribution in [-0.2, 0) is 11.3 Å². The Labute approximate surface area is 160 Å². The number of halogens is 2. The quantitative estimate of drug-likeness (QED) is 0.679. The summed E-state index contributed by atoms with van der Waals surface area (Å²) in [7, 11) is 1.68. The third-order valence-corrected chi connectivity index (χ3v) is 4.99. The Bertz CT molecular complexity index is 1030. The van der Waals surface area contributed by atoms with Gasteiger partial charge in [0.05, 0.1) is 23.3 Å². The molecular weight excluding hydrogens is 373 g/mol. The van der Waals surface area contributed by atoms with Crippen molar-refractivity contribution in [2.45, 2.75) is 19.5 Å². The van der Waals surface area contributed by atoms with Crippen LogP contribution in [-0.4, -0.2) is 27.4 Å². The van der Waals surface area contributed by atoms with E-state index < -0.39 is 0 Å². The molecule has 0 saturated carbocycles. The lowest BCUT2D eigenvalue weighted by atomic mass is 10.1. The number of nitrogens with zero attached hydrogens (tertiary/aromatic N) is 3. The monoisotopic (exact) mass is 389 g/mol. The zero-order valence-corrected chi connectivity index (χ0v) is 15.8. The summed E-state index contributed by atoms with van der Waals surface area (Å²) in [4.78, 5) is 31.0. The first-order chi connectivity index (χ1) is 12.4. The average Bonchev–Trinajstić information content (AvgIpc) is 2.63. The van der Waals surface area contributed by atoms with E-state index in [2.05, 4.69) is 4.98 Å². The molecule has 0 radical (unpaired) electrons. The molecular formula is C19H17Cl2N3O2. The standard InChI is InChI=1S/C19H17Cl2N3O2/c1-12(14-8-7-13(20)9-16(14)21)23(2)18(25)10-24-11-22-17-6-4-3-5-15(17)19(24)26/h3-9,11-12H,10H2,1-2H3/t12-/m1/s1. The van der Waals surface area contributed by atoms with Crippen LogP contribution in [0.2, 0.25) is 10.0 Å². The van der Waals surface area contributed by atoms with Crippen molar-refractivity contribution < 1.29 is 4.79 Å². The molecule has 134 valence electrons. The number of para-hydroxylation sites is 1. The van der Waals surface area contributed by atoms with E-state index in [1.54, 1.807) is 48.3 Å². The molecule has 5 nitrogen and oxygen atoms in total. The third-order valence-electron chi connectivity index (χ3n) is 4.42. The summed E-state index contributed by atoms with van der Waals surface area (Å²) in [5, 5.41) is 1.52. The highest BCUT2D eigenvalue weighted by atomic mass is 35.5. The molecule has 0 spiro atoms. The fourth-order valence-corrected chi connectivity index (χ4v) is 3.31. The highest BCUT2D eigenvalue weighted by molar-refractivity contribution is 6.35. The molecule has 0 fully saturated rings. The van der Waals surface area contributed by atoms with Gasteiger partial charge in [0.1, 0.15) is 6.54 Å². The predicted molar refractivity (Wildman–Crippen MR) is 104 cm³/mol. The number of hydrogen-bond acceptors (Lipinski definition) is 3. The van der Waals surface area contributed by atoms with E-state index in [1.807, 2.05) is 13.0 Å². The number of fused-ring (bicyclic) bond motifs is 1. The zero-order valence-electron chi connectivity index (χ0n) is 14.3. The Morgan fingerprint density at radius 3 is 2.69 bits per heavy atom. The van der Waals surface area contributed by atoms with Gasteiger partial charge in [-0.1, -0.05) is 41.4 Å². The number of rotatable bonds is 4. The smallest absolute Gasteiger partial charge is 0.261 e. The number of hydrogen-bond donors (Lipinski definition) is 0. The Morgan fingerprint density at radius 2 is 1.96 bits per heavy atom. The molecule has 0 unspecified atom stereocenters. The number of aromatic nitrogens is 2. The normalized spacial score (nSPS) is 12.2. The van der Waals surface area contributed by atoms with Crippen LogP contribution in [0.4, 0.5) is 0 Å². The fourth-order valence-electron chi connectivity index (χ4n) is 2.74. The van der Waals surface area contributed by atoms with Crippen LogP contribution in [0.1, 0.15) is 18.5 Å². The molecule has 1 atom stereocenters. The van der Waals surface area contributed by atoms with E-state index in [9.17, 15) is 9.59 Å². The van der Waals surface area contributed by atoms with Gasteiger partial charge in [0.25, 0.3) is 5.56 Å². The fraction of sp³-hybridized carbons (Fsp3) is 0.211. The maximum Gasteiger partial charge on any atom is 0.261 e. The van der Waals surface area contributed by atoms with E-state index in [1.165, 1.54) is 10.9 Å². The van der Waals surface area contributed by atoms with Gasteiger partial charge in [-0.15, -0.1) is 0 Å². The largest absolute Gasteiger partial charge is 0.337 e. The molecule has 1 amide bonds. The van der Waals surface area contributed by atoms with Crippen LogP contribution in [0.5, 0.6) is 0 Å². The Hall–Kier alpha value is -2.37. The molecule has 1 aromatic heterocycles. The molecule has 3 rings (SSSR count). The highest BCUT2D eigenvalue weighted by Gasteiger charge is 2.20. The van der Waals surface area contributed by atoms with E-state index in [0.717, 1.165) is 5.56 Å².